The highest BCUT2D eigenvalue weighted by atomic mass is 16.5. The van der Waals surface area contributed by atoms with Gasteiger partial charge in [-0.1, -0.05) is 31.5 Å². The first-order valence-electron chi connectivity index (χ1n) is 6.76. The van der Waals surface area contributed by atoms with E-state index in [2.05, 4.69) is 0 Å². The van der Waals surface area contributed by atoms with Crippen LogP contribution in [0.25, 0.3) is 0 Å². The van der Waals surface area contributed by atoms with Crippen molar-refractivity contribution in [3.8, 4) is 0 Å². The van der Waals surface area contributed by atoms with Crippen molar-refractivity contribution in [2.24, 2.45) is 0 Å². The van der Waals surface area contributed by atoms with E-state index in [0.717, 1.165) is 30.5 Å². The first kappa shape index (κ1) is 13.6. The Kier molecular flexibility index (Phi) is 4.55. The summed E-state index contributed by atoms with van der Waals surface area (Å²) < 4.78 is 5.12. The Labute approximate surface area is 113 Å². The lowest BCUT2D eigenvalue weighted by atomic mass is 10.0. The number of benzene rings is 1. The van der Waals surface area contributed by atoms with Crippen LogP contribution < -0.4 is 4.90 Å². The Morgan fingerprint density at radius 3 is 2.89 bits per heavy atom. The summed E-state index contributed by atoms with van der Waals surface area (Å²) in [5, 5.41) is 0. The summed E-state index contributed by atoms with van der Waals surface area (Å²) in [5.74, 6) is -0.343. The third-order valence-electron chi connectivity index (χ3n) is 3.24. The maximum Gasteiger partial charge on any atom is 0.326 e. The molecule has 1 heterocycles. The summed E-state index contributed by atoms with van der Waals surface area (Å²) in [6, 6.07) is 7.71. The highest BCUT2D eigenvalue weighted by Gasteiger charge is 2.25. The van der Waals surface area contributed by atoms with Crippen molar-refractivity contribution in [2.45, 2.75) is 32.6 Å². The van der Waals surface area contributed by atoms with E-state index < -0.39 is 0 Å². The number of esters is 1. The average Bonchev–Trinajstić information content (AvgIpc) is 2.42. The fourth-order valence-electron chi connectivity index (χ4n) is 2.17. The van der Waals surface area contributed by atoms with Crippen LogP contribution in [0.1, 0.15) is 31.7 Å². The summed E-state index contributed by atoms with van der Waals surface area (Å²) in [5.41, 5.74) is 1.95. The molecule has 0 spiro atoms. The van der Waals surface area contributed by atoms with Crippen LogP contribution in [0.3, 0.4) is 0 Å². The Morgan fingerprint density at radius 1 is 1.32 bits per heavy atom. The van der Waals surface area contributed by atoms with Gasteiger partial charge in [0.05, 0.1) is 6.61 Å². The van der Waals surface area contributed by atoms with Crippen molar-refractivity contribution < 1.29 is 14.3 Å². The predicted molar refractivity (Wildman–Crippen MR) is 73.0 cm³/mol. The zero-order chi connectivity index (χ0) is 13.7. The quantitative estimate of drug-likeness (QED) is 0.603. The first-order valence-corrected chi connectivity index (χ1v) is 6.76. The number of rotatable bonds is 5. The molecule has 1 aliphatic heterocycles. The number of amides is 1. The van der Waals surface area contributed by atoms with Gasteiger partial charge in [0.25, 0.3) is 0 Å². The molecule has 2 rings (SSSR count). The van der Waals surface area contributed by atoms with Gasteiger partial charge in [-0.3, -0.25) is 9.59 Å². The van der Waals surface area contributed by atoms with Crippen molar-refractivity contribution in [3.05, 3.63) is 29.8 Å². The number of nitrogens with zero attached hydrogens (tertiary/aromatic N) is 1. The number of para-hydroxylation sites is 1. The predicted octanol–water partition coefficient (Wildman–Crippen LogP) is 2.31. The zero-order valence-corrected chi connectivity index (χ0v) is 11.2. The molecule has 4 nitrogen and oxygen atoms in total. The highest BCUT2D eigenvalue weighted by molar-refractivity contribution is 6.00. The van der Waals surface area contributed by atoms with Gasteiger partial charge in [0.15, 0.2) is 0 Å². The number of carbonyl (C=O) groups is 2. The first-order chi connectivity index (χ1) is 9.22. The van der Waals surface area contributed by atoms with E-state index in [9.17, 15) is 9.59 Å². The second-order valence-corrected chi connectivity index (χ2v) is 4.68. The highest BCUT2D eigenvalue weighted by Crippen LogP contribution is 2.27. The van der Waals surface area contributed by atoms with Gasteiger partial charge in [0.1, 0.15) is 6.54 Å². The Balaban J connectivity index is 2.03. The van der Waals surface area contributed by atoms with Gasteiger partial charge in [0.2, 0.25) is 5.91 Å². The molecule has 0 fully saturated rings. The minimum Gasteiger partial charge on any atom is -0.464 e. The van der Waals surface area contributed by atoms with Crippen LogP contribution >= 0.6 is 0 Å². The number of hydrogen-bond acceptors (Lipinski definition) is 3. The van der Waals surface area contributed by atoms with Crippen LogP contribution in [0.15, 0.2) is 24.3 Å². The van der Waals surface area contributed by atoms with Crippen LogP contribution in [0.4, 0.5) is 5.69 Å². The SMILES string of the molecule is CCCCOC(=O)CN1C(=O)CCc2ccccc21. The summed E-state index contributed by atoms with van der Waals surface area (Å²) in [7, 11) is 0. The lowest BCUT2D eigenvalue weighted by Crippen LogP contribution is -2.39. The van der Waals surface area contributed by atoms with E-state index in [1.165, 1.54) is 4.90 Å². The second-order valence-electron chi connectivity index (χ2n) is 4.68. The third-order valence-corrected chi connectivity index (χ3v) is 3.24. The number of anilines is 1. The number of hydrogen-bond donors (Lipinski definition) is 0. The van der Waals surface area contributed by atoms with Crippen LogP contribution in [0.2, 0.25) is 0 Å². The molecule has 0 atom stereocenters. The molecule has 0 aliphatic carbocycles. The van der Waals surface area contributed by atoms with Crippen molar-refractivity contribution >= 4 is 17.6 Å². The van der Waals surface area contributed by atoms with E-state index in [-0.39, 0.29) is 18.4 Å². The van der Waals surface area contributed by atoms with Gasteiger partial charge >= 0.3 is 5.97 Å². The summed E-state index contributed by atoms with van der Waals surface area (Å²) in [4.78, 5) is 25.2. The number of ether oxygens (including phenoxy) is 1. The van der Waals surface area contributed by atoms with Crippen molar-refractivity contribution in [1.29, 1.82) is 0 Å². The van der Waals surface area contributed by atoms with Gasteiger partial charge in [-0.2, -0.15) is 0 Å². The van der Waals surface area contributed by atoms with Crippen LogP contribution in [0.5, 0.6) is 0 Å². The molecular formula is C15H19NO3. The molecule has 1 aliphatic rings. The maximum atomic E-state index is 11.9. The van der Waals surface area contributed by atoms with E-state index in [1.807, 2.05) is 31.2 Å². The number of carbonyl (C=O) groups excluding carboxylic acids is 2. The number of aryl methyl sites for hydroxylation is 1. The fraction of sp³-hybridized carbons (Fsp3) is 0.467. The van der Waals surface area contributed by atoms with E-state index in [1.54, 1.807) is 0 Å². The molecule has 0 bridgehead atoms. The molecule has 0 N–H and O–H groups in total. The topological polar surface area (TPSA) is 46.6 Å². The van der Waals surface area contributed by atoms with Crippen molar-refractivity contribution in [1.82, 2.24) is 0 Å². The Bertz CT molecular complexity index is 470. The molecule has 4 heteroatoms. The summed E-state index contributed by atoms with van der Waals surface area (Å²) in [6.45, 7) is 2.48. The van der Waals surface area contributed by atoms with E-state index in [0.29, 0.717) is 13.0 Å². The minimum atomic E-state index is -0.335. The Hall–Kier alpha value is -1.84. The second kappa shape index (κ2) is 6.36. The largest absolute Gasteiger partial charge is 0.464 e. The smallest absolute Gasteiger partial charge is 0.326 e. The molecule has 1 aromatic carbocycles. The monoisotopic (exact) mass is 261 g/mol. The van der Waals surface area contributed by atoms with Gasteiger partial charge in [0, 0.05) is 12.1 Å². The molecule has 0 unspecified atom stereocenters. The third kappa shape index (κ3) is 3.34. The van der Waals surface area contributed by atoms with Gasteiger partial charge in [-0.15, -0.1) is 0 Å². The number of unbranched alkanes of at least 4 members (excludes halogenated alkanes) is 1. The molecule has 0 saturated carbocycles. The lowest BCUT2D eigenvalue weighted by molar-refractivity contribution is -0.143. The normalized spacial score (nSPS) is 14.2. The van der Waals surface area contributed by atoms with Crippen LogP contribution in [-0.4, -0.2) is 25.0 Å². The maximum absolute atomic E-state index is 11.9. The van der Waals surface area contributed by atoms with E-state index >= 15 is 0 Å². The van der Waals surface area contributed by atoms with Crippen molar-refractivity contribution in [3.63, 3.8) is 0 Å². The molecular weight excluding hydrogens is 242 g/mol. The molecule has 1 aromatic rings. The Morgan fingerprint density at radius 2 is 2.11 bits per heavy atom. The van der Waals surface area contributed by atoms with Gasteiger partial charge in [-0.25, -0.2) is 0 Å². The van der Waals surface area contributed by atoms with Crippen LogP contribution in [0, 0.1) is 0 Å². The van der Waals surface area contributed by atoms with Gasteiger partial charge < -0.3 is 9.64 Å². The van der Waals surface area contributed by atoms with E-state index in [4.69, 9.17) is 4.74 Å². The van der Waals surface area contributed by atoms with Gasteiger partial charge in [-0.05, 0) is 24.5 Å². The lowest BCUT2D eigenvalue weighted by Gasteiger charge is -2.28. The van der Waals surface area contributed by atoms with Crippen molar-refractivity contribution in [2.75, 3.05) is 18.1 Å². The standard InChI is InChI=1S/C15H19NO3/c1-2-3-10-19-15(18)11-16-13-7-5-4-6-12(13)8-9-14(16)17/h4-7H,2-3,8-11H2,1H3. The average molecular weight is 261 g/mol. The zero-order valence-electron chi connectivity index (χ0n) is 11.2. The summed E-state index contributed by atoms with van der Waals surface area (Å²) >= 11 is 0. The van der Waals surface area contributed by atoms with Crippen LogP contribution in [-0.2, 0) is 20.7 Å². The minimum absolute atomic E-state index is 0.00820. The number of fused-ring (bicyclic) bond motifs is 1. The molecule has 0 aromatic heterocycles. The molecule has 102 valence electrons. The molecule has 19 heavy (non-hydrogen) atoms. The summed E-state index contributed by atoms with van der Waals surface area (Å²) in [6.07, 6.45) is 3.05. The fourth-order valence-corrected chi connectivity index (χ4v) is 2.17. The molecule has 0 radical (unpaired) electrons. The molecule has 1 amide bonds. The molecule has 0 saturated heterocycles.